The first kappa shape index (κ1) is 70.6. The molecule has 0 bridgehead atoms. The number of ether oxygens (including phenoxy) is 13. The largest absolute Gasteiger partial charge is 0.463 e. The average molecular weight is 1240 g/mol. The third-order valence-electron chi connectivity index (χ3n) is 15.8. The zero-order chi connectivity index (χ0) is 63.0. The van der Waals surface area contributed by atoms with Crippen molar-refractivity contribution in [3.8, 4) is 0 Å². The molecule has 6 N–H and O–H groups in total. The molecule has 17 atom stereocenters. The number of aliphatic hydroxyl groups excluding tert-OH is 2. The van der Waals surface area contributed by atoms with Gasteiger partial charge in [0.15, 0.2) is 37.0 Å². The normalized spacial score (nSPS) is 29.8. The van der Waals surface area contributed by atoms with E-state index in [1.54, 1.807) is 6.92 Å². The minimum absolute atomic E-state index is 0.00493. The molecule has 0 radical (unpaired) electrons. The van der Waals surface area contributed by atoms with Crippen LogP contribution in [0.3, 0.4) is 0 Å². The molecule has 2 aliphatic carbocycles. The molecule has 3 aliphatic heterocycles. The summed E-state index contributed by atoms with van der Waals surface area (Å²) in [6.07, 6.45) is -8.98. The summed E-state index contributed by atoms with van der Waals surface area (Å²) in [4.78, 5) is 103. The van der Waals surface area contributed by atoms with Crippen molar-refractivity contribution in [2.75, 3.05) is 65.9 Å². The van der Waals surface area contributed by atoms with Gasteiger partial charge in [-0.2, -0.15) is 0 Å². The molecule has 9 unspecified atom stereocenters. The van der Waals surface area contributed by atoms with Crippen LogP contribution in [0.1, 0.15) is 118 Å². The van der Waals surface area contributed by atoms with Crippen molar-refractivity contribution < 1.29 is 110 Å². The fourth-order valence-electron chi connectivity index (χ4n) is 11.8. The van der Waals surface area contributed by atoms with Crippen LogP contribution in [0.25, 0.3) is 0 Å². The topological polar surface area (TPSA) is 345 Å². The zero-order valence-electron chi connectivity index (χ0n) is 51.1. The Morgan fingerprint density at radius 1 is 0.678 bits per heavy atom. The van der Waals surface area contributed by atoms with Crippen LogP contribution < -0.4 is 21.3 Å². The van der Waals surface area contributed by atoms with Crippen LogP contribution in [-0.2, 0) is 107 Å². The molecule has 6 rings (SSSR count). The molecule has 1 aromatic carbocycles. The molecule has 3 saturated heterocycles. The number of esters is 4. The highest BCUT2D eigenvalue weighted by molar-refractivity contribution is 5.81. The van der Waals surface area contributed by atoms with Crippen LogP contribution in [0.15, 0.2) is 30.3 Å². The number of carbonyl (C=O) groups excluding carboxylic acids is 8. The molecule has 27 nitrogen and oxygen atoms in total. The van der Waals surface area contributed by atoms with Gasteiger partial charge in [-0.1, -0.05) is 75.8 Å². The van der Waals surface area contributed by atoms with E-state index in [4.69, 9.17) is 61.6 Å². The van der Waals surface area contributed by atoms with Crippen molar-refractivity contribution in [1.82, 2.24) is 21.3 Å². The molecule has 4 amide bonds. The van der Waals surface area contributed by atoms with E-state index in [-0.39, 0.29) is 110 Å². The van der Waals surface area contributed by atoms with Gasteiger partial charge in [-0.25, -0.2) is 0 Å². The summed E-state index contributed by atoms with van der Waals surface area (Å²) in [6.45, 7) is 10.2. The minimum atomic E-state index is -1.69. The van der Waals surface area contributed by atoms with Gasteiger partial charge in [0.05, 0.1) is 70.7 Å². The maximum atomic E-state index is 14.3. The quantitative estimate of drug-likeness (QED) is 0.0337. The van der Waals surface area contributed by atoms with Crippen LogP contribution >= 0.6 is 0 Å². The summed E-state index contributed by atoms with van der Waals surface area (Å²) in [5.74, 6) is -5.52. The summed E-state index contributed by atoms with van der Waals surface area (Å²) in [7, 11) is 0. The van der Waals surface area contributed by atoms with Gasteiger partial charge in [0.25, 0.3) is 5.91 Å². The number of nitrogens with one attached hydrogen (secondary N) is 4. The highest BCUT2D eigenvalue weighted by Gasteiger charge is 2.56. The number of fused-ring (bicyclic) bond motifs is 1. The highest BCUT2D eigenvalue weighted by atomic mass is 16.8. The molecular weight excluding hydrogens is 1140 g/mol. The Balaban J connectivity index is 1.08. The summed E-state index contributed by atoms with van der Waals surface area (Å²) in [5.41, 5.74) is 0.882. The van der Waals surface area contributed by atoms with Gasteiger partial charge in [-0.15, -0.1) is 0 Å². The van der Waals surface area contributed by atoms with Gasteiger partial charge in [-0.3, -0.25) is 38.4 Å². The smallest absolute Gasteiger partial charge is 0.303 e. The van der Waals surface area contributed by atoms with Gasteiger partial charge in [0, 0.05) is 66.6 Å². The molecule has 3 heterocycles. The average Bonchev–Trinajstić information content (AvgIpc) is 0.940. The molecule has 2 saturated carbocycles. The molecule has 490 valence electrons. The second kappa shape index (κ2) is 36.3. The molecule has 0 aromatic heterocycles. The first-order valence-corrected chi connectivity index (χ1v) is 30.5. The lowest BCUT2D eigenvalue weighted by molar-refractivity contribution is -0.349. The van der Waals surface area contributed by atoms with Crippen molar-refractivity contribution in [1.29, 1.82) is 0 Å². The molecular formula is C60H92N4O23. The molecule has 0 spiro atoms. The Morgan fingerprint density at radius 2 is 1.36 bits per heavy atom. The lowest BCUT2D eigenvalue weighted by Crippen LogP contribution is -2.69. The Labute approximate surface area is 508 Å². The lowest BCUT2D eigenvalue weighted by Gasteiger charge is -2.52. The Hall–Kier alpha value is -5.46. The third-order valence-corrected chi connectivity index (χ3v) is 15.8. The summed E-state index contributed by atoms with van der Waals surface area (Å²) in [6, 6.07) is 8.26. The number of hydrogen-bond donors (Lipinski definition) is 6. The van der Waals surface area contributed by atoms with E-state index in [2.05, 4.69) is 21.3 Å². The maximum Gasteiger partial charge on any atom is 0.303 e. The SMILES string of the molecule is CCC1CC(C(=O)NCCNC(=O)CCOCCOCCNC(=O)[C@@H](O)[C@H](O)COCc2ccccc2)C[C@@H](O[C@@H]2OC(COC(C)=O)[C@@H]3OC[C@@H](CC4CCCCC4)OC3C2NC(C)=O)C1O[C@@H]1OC(C)[C@@H](OC(C)=O)C(OC(C)=O)C1OC(C)=O. The second-order valence-electron chi connectivity index (χ2n) is 22.8. The minimum Gasteiger partial charge on any atom is -0.463 e. The van der Waals surface area contributed by atoms with Crippen molar-refractivity contribution in [3.63, 3.8) is 0 Å². The number of amides is 4. The van der Waals surface area contributed by atoms with Crippen molar-refractivity contribution in [2.45, 2.75) is 211 Å². The van der Waals surface area contributed by atoms with Crippen molar-refractivity contribution in [2.24, 2.45) is 17.8 Å². The van der Waals surface area contributed by atoms with E-state index >= 15 is 0 Å². The van der Waals surface area contributed by atoms with E-state index in [0.29, 0.717) is 12.3 Å². The summed E-state index contributed by atoms with van der Waals surface area (Å²) < 4.78 is 79.1. The van der Waals surface area contributed by atoms with Gasteiger partial charge >= 0.3 is 23.9 Å². The van der Waals surface area contributed by atoms with Crippen LogP contribution in [0.2, 0.25) is 0 Å². The van der Waals surface area contributed by atoms with Crippen molar-refractivity contribution >= 4 is 47.5 Å². The van der Waals surface area contributed by atoms with Crippen LogP contribution in [-0.4, -0.2) is 215 Å². The highest BCUT2D eigenvalue weighted by Crippen LogP contribution is 2.42. The first-order valence-electron chi connectivity index (χ1n) is 30.5. The predicted octanol–water partition coefficient (Wildman–Crippen LogP) is 1.36. The molecule has 1 aromatic rings. The predicted molar refractivity (Wildman–Crippen MR) is 303 cm³/mol. The van der Waals surface area contributed by atoms with Gasteiger partial charge < -0.3 is 93.1 Å². The van der Waals surface area contributed by atoms with E-state index < -0.39 is 133 Å². The standard InChI is InChI=1S/C60H92N4O23/c1-8-42-28-43(57(73)62-21-20-61-48(71)19-23-75-25-26-76-24-22-63-58(74)50(72)45(70)32-77-30-41-17-13-10-14-18-41)29-46(52(42)87-60-56(83-39(7)69)55(82-38(6)68)51(34(2)80-60)81-37(5)67)85-59-49(64-35(3)65)54-53(47(86-59)33-78-36(4)66)79-31-44(84-54)27-40-15-11-9-12-16-40/h10,13-14,17-18,34,40,42-47,49-56,59-60,70,72H,8-9,11-12,15-16,19-33H2,1-7H3,(H,61,71)(H,62,73)(H,63,74)(H,64,65)/t34?,42?,43?,44-,45-,46-,47?,49?,50+,51-,52?,53+,54?,55?,56?,59-,60+/m1/s1. The lowest BCUT2D eigenvalue weighted by atomic mass is 9.75. The van der Waals surface area contributed by atoms with Crippen molar-refractivity contribution in [3.05, 3.63) is 35.9 Å². The van der Waals surface area contributed by atoms with E-state index in [1.165, 1.54) is 27.2 Å². The summed E-state index contributed by atoms with van der Waals surface area (Å²) >= 11 is 0. The fraction of sp³-hybridized carbons (Fsp3) is 0.767. The monoisotopic (exact) mass is 1240 g/mol. The van der Waals surface area contributed by atoms with E-state index in [0.717, 1.165) is 51.5 Å². The number of aliphatic hydroxyl groups is 2. The van der Waals surface area contributed by atoms with Crippen LogP contribution in [0.5, 0.6) is 0 Å². The van der Waals surface area contributed by atoms with E-state index in [9.17, 15) is 48.6 Å². The first-order chi connectivity index (χ1) is 41.7. The second-order valence-corrected chi connectivity index (χ2v) is 22.8. The number of benzene rings is 1. The number of carbonyl (C=O) groups is 8. The Kier molecular flexibility index (Phi) is 29.4. The summed E-state index contributed by atoms with van der Waals surface area (Å²) in [5, 5.41) is 31.5. The number of hydrogen-bond acceptors (Lipinski definition) is 23. The molecule has 27 heteroatoms. The number of rotatable bonds is 32. The van der Waals surface area contributed by atoms with E-state index in [1.807, 2.05) is 37.3 Å². The van der Waals surface area contributed by atoms with Gasteiger partial charge in [0.1, 0.15) is 37.1 Å². The van der Waals surface area contributed by atoms with Crippen LogP contribution in [0, 0.1) is 17.8 Å². The zero-order valence-corrected chi connectivity index (χ0v) is 51.1. The molecule has 5 aliphatic rings. The molecule has 87 heavy (non-hydrogen) atoms. The fourth-order valence-corrected chi connectivity index (χ4v) is 11.8. The van der Waals surface area contributed by atoms with Crippen LogP contribution in [0.4, 0.5) is 0 Å². The third kappa shape index (κ3) is 22.8. The van der Waals surface area contributed by atoms with Gasteiger partial charge in [-0.05, 0) is 43.6 Å². The Morgan fingerprint density at radius 3 is 2.03 bits per heavy atom. The molecule has 5 fully saturated rings. The van der Waals surface area contributed by atoms with Gasteiger partial charge in [0.2, 0.25) is 17.7 Å². The maximum absolute atomic E-state index is 14.3. The Bertz CT molecular complexity index is 2350.